The smallest absolute Gasteiger partial charge is 0.119 e. The van der Waals surface area contributed by atoms with Gasteiger partial charge >= 0.3 is 0 Å². The second-order valence-electron chi connectivity index (χ2n) is 5.52. The highest BCUT2D eigenvalue weighted by molar-refractivity contribution is 5.27. The molecule has 1 fully saturated rings. The highest BCUT2D eigenvalue weighted by Crippen LogP contribution is 2.14. The van der Waals surface area contributed by atoms with Crippen LogP contribution in [0.1, 0.15) is 25.8 Å². The van der Waals surface area contributed by atoms with E-state index >= 15 is 0 Å². The maximum absolute atomic E-state index is 5.85. The lowest BCUT2D eigenvalue weighted by Gasteiger charge is -2.31. The average Bonchev–Trinajstić information content (AvgIpc) is 2.54. The van der Waals surface area contributed by atoms with Crippen LogP contribution in [0.5, 0.6) is 5.75 Å². The summed E-state index contributed by atoms with van der Waals surface area (Å²) in [5.41, 5.74) is 1.29. The van der Waals surface area contributed by atoms with Crippen molar-refractivity contribution in [3.8, 4) is 5.75 Å². The molecule has 2 rings (SSSR count). The van der Waals surface area contributed by atoms with Crippen LogP contribution in [0.15, 0.2) is 24.3 Å². The summed E-state index contributed by atoms with van der Waals surface area (Å²) < 4.78 is 11.6. The van der Waals surface area contributed by atoms with E-state index in [0.29, 0.717) is 6.61 Å². The molecule has 0 radical (unpaired) electrons. The van der Waals surface area contributed by atoms with Crippen molar-refractivity contribution in [1.29, 1.82) is 0 Å². The van der Waals surface area contributed by atoms with E-state index < -0.39 is 0 Å². The lowest BCUT2D eigenvalue weighted by molar-refractivity contribution is -0.0464. The molecular formula is C17H28N2O2. The van der Waals surface area contributed by atoms with Crippen LogP contribution in [0.2, 0.25) is 0 Å². The van der Waals surface area contributed by atoms with E-state index in [2.05, 4.69) is 36.2 Å². The van der Waals surface area contributed by atoms with Crippen molar-refractivity contribution in [2.45, 2.75) is 32.9 Å². The normalized spacial score (nSPS) is 19.6. The third kappa shape index (κ3) is 5.65. The number of benzene rings is 1. The standard InChI is InChI=1S/C17H28N2O2/c1-3-9-18-12-15-5-7-16(8-6-15)21-14-17-13-19(4-2)10-11-20-17/h5-8,17-18H,3-4,9-14H2,1-2H3. The van der Waals surface area contributed by atoms with Gasteiger partial charge in [-0.05, 0) is 37.2 Å². The third-order valence-electron chi connectivity index (χ3n) is 3.79. The highest BCUT2D eigenvalue weighted by Gasteiger charge is 2.19. The Balaban J connectivity index is 1.73. The molecule has 0 saturated carbocycles. The van der Waals surface area contributed by atoms with Gasteiger partial charge in [-0.3, -0.25) is 4.90 Å². The van der Waals surface area contributed by atoms with Crippen LogP contribution in [0, 0.1) is 0 Å². The third-order valence-corrected chi connectivity index (χ3v) is 3.79. The Kier molecular flexibility index (Phi) is 7.00. The molecule has 4 heteroatoms. The van der Waals surface area contributed by atoms with Gasteiger partial charge in [0.2, 0.25) is 0 Å². The van der Waals surface area contributed by atoms with Crippen molar-refractivity contribution in [3.63, 3.8) is 0 Å². The molecule has 0 amide bonds. The van der Waals surface area contributed by atoms with Gasteiger partial charge in [-0.15, -0.1) is 0 Å². The maximum Gasteiger partial charge on any atom is 0.119 e. The highest BCUT2D eigenvalue weighted by atomic mass is 16.5. The predicted octanol–water partition coefficient (Wildman–Crippen LogP) is 2.29. The van der Waals surface area contributed by atoms with Gasteiger partial charge in [0.05, 0.1) is 6.61 Å². The van der Waals surface area contributed by atoms with Crippen molar-refractivity contribution >= 4 is 0 Å². The summed E-state index contributed by atoms with van der Waals surface area (Å²) in [5.74, 6) is 0.923. The van der Waals surface area contributed by atoms with Gasteiger partial charge < -0.3 is 14.8 Å². The molecule has 4 nitrogen and oxygen atoms in total. The molecular weight excluding hydrogens is 264 g/mol. The second-order valence-corrected chi connectivity index (χ2v) is 5.52. The van der Waals surface area contributed by atoms with E-state index in [9.17, 15) is 0 Å². The van der Waals surface area contributed by atoms with Crippen LogP contribution in [0.25, 0.3) is 0 Å². The van der Waals surface area contributed by atoms with E-state index in [1.807, 2.05) is 12.1 Å². The topological polar surface area (TPSA) is 33.7 Å². The van der Waals surface area contributed by atoms with Gasteiger partial charge in [0.1, 0.15) is 18.5 Å². The second kappa shape index (κ2) is 9.03. The summed E-state index contributed by atoms with van der Waals surface area (Å²) in [7, 11) is 0. The van der Waals surface area contributed by atoms with Crippen molar-refractivity contribution < 1.29 is 9.47 Å². The summed E-state index contributed by atoms with van der Waals surface area (Å²) >= 11 is 0. The molecule has 0 aromatic heterocycles. The molecule has 1 N–H and O–H groups in total. The fraction of sp³-hybridized carbons (Fsp3) is 0.647. The number of hydrogen-bond donors (Lipinski definition) is 1. The molecule has 1 heterocycles. The van der Waals surface area contributed by atoms with Crippen molar-refractivity contribution in [1.82, 2.24) is 10.2 Å². The Bertz CT molecular complexity index is 394. The summed E-state index contributed by atoms with van der Waals surface area (Å²) in [6, 6.07) is 8.34. The number of likely N-dealkylation sites (N-methyl/N-ethyl adjacent to an activating group) is 1. The molecule has 0 aliphatic carbocycles. The monoisotopic (exact) mass is 292 g/mol. The van der Waals surface area contributed by atoms with E-state index in [1.54, 1.807) is 0 Å². The van der Waals surface area contributed by atoms with E-state index in [0.717, 1.165) is 51.5 Å². The summed E-state index contributed by atoms with van der Waals surface area (Å²) in [6.45, 7) is 10.9. The zero-order chi connectivity index (χ0) is 14.9. The number of ether oxygens (including phenoxy) is 2. The number of morpholine rings is 1. The van der Waals surface area contributed by atoms with Gasteiger partial charge in [0.25, 0.3) is 0 Å². The Morgan fingerprint density at radius 3 is 2.81 bits per heavy atom. The largest absolute Gasteiger partial charge is 0.491 e. The molecule has 1 aliphatic heterocycles. The van der Waals surface area contributed by atoms with Crippen LogP contribution >= 0.6 is 0 Å². The Morgan fingerprint density at radius 2 is 2.10 bits per heavy atom. The minimum absolute atomic E-state index is 0.185. The molecule has 21 heavy (non-hydrogen) atoms. The van der Waals surface area contributed by atoms with Gasteiger partial charge in [-0.25, -0.2) is 0 Å². The molecule has 1 atom stereocenters. The van der Waals surface area contributed by atoms with Crippen LogP contribution in [0.4, 0.5) is 0 Å². The van der Waals surface area contributed by atoms with Gasteiger partial charge in [0, 0.05) is 19.6 Å². The summed E-state index contributed by atoms with van der Waals surface area (Å²) in [6.07, 6.45) is 1.35. The first-order valence-electron chi connectivity index (χ1n) is 8.08. The van der Waals surface area contributed by atoms with Crippen molar-refractivity contribution in [2.24, 2.45) is 0 Å². The first-order chi connectivity index (χ1) is 10.3. The molecule has 0 bridgehead atoms. The molecule has 0 spiro atoms. The first kappa shape index (κ1) is 16.3. The fourth-order valence-electron chi connectivity index (χ4n) is 2.47. The van der Waals surface area contributed by atoms with Crippen LogP contribution in [-0.2, 0) is 11.3 Å². The van der Waals surface area contributed by atoms with Crippen LogP contribution < -0.4 is 10.1 Å². The SMILES string of the molecule is CCCNCc1ccc(OCC2CN(CC)CCO2)cc1. The molecule has 1 saturated heterocycles. The predicted molar refractivity (Wildman–Crippen MR) is 85.8 cm³/mol. The lowest BCUT2D eigenvalue weighted by Crippen LogP contribution is -2.44. The van der Waals surface area contributed by atoms with Gasteiger partial charge in [0.15, 0.2) is 0 Å². The zero-order valence-corrected chi connectivity index (χ0v) is 13.3. The number of hydrogen-bond acceptors (Lipinski definition) is 4. The zero-order valence-electron chi connectivity index (χ0n) is 13.3. The van der Waals surface area contributed by atoms with Crippen molar-refractivity contribution in [2.75, 3.05) is 39.4 Å². The molecule has 1 unspecified atom stereocenters. The average molecular weight is 292 g/mol. The quantitative estimate of drug-likeness (QED) is 0.745. The molecule has 118 valence electrons. The molecule has 1 aromatic rings. The number of nitrogens with one attached hydrogen (secondary N) is 1. The first-order valence-corrected chi connectivity index (χ1v) is 8.08. The Morgan fingerprint density at radius 1 is 1.29 bits per heavy atom. The Hall–Kier alpha value is -1.10. The van der Waals surface area contributed by atoms with Gasteiger partial charge in [-0.2, -0.15) is 0 Å². The summed E-state index contributed by atoms with van der Waals surface area (Å²) in [5, 5.41) is 3.40. The number of rotatable bonds is 8. The molecule has 1 aromatic carbocycles. The van der Waals surface area contributed by atoms with E-state index in [4.69, 9.17) is 9.47 Å². The Labute approximate surface area is 128 Å². The van der Waals surface area contributed by atoms with Crippen LogP contribution in [-0.4, -0.2) is 50.4 Å². The summed E-state index contributed by atoms with van der Waals surface area (Å²) in [4.78, 5) is 2.40. The van der Waals surface area contributed by atoms with Crippen molar-refractivity contribution in [3.05, 3.63) is 29.8 Å². The molecule has 1 aliphatic rings. The van der Waals surface area contributed by atoms with E-state index in [1.165, 1.54) is 5.56 Å². The van der Waals surface area contributed by atoms with Gasteiger partial charge in [-0.1, -0.05) is 26.0 Å². The van der Waals surface area contributed by atoms with E-state index in [-0.39, 0.29) is 6.10 Å². The maximum atomic E-state index is 5.85. The minimum atomic E-state index is 0.185. The fourth-order valence-corrected chi connectivity index (χ4v) is 2.47. The lowest BCUT2D eigenvalue weighted by atomic mass is 10.2. The van der Waals surface area contributed by atoms with Crippen LogP contribution in [0.3, 0.4) is 0 Å². The minimum Gasteiger partial charge on any atom is -0.491 e. The number of nitrogens with zero attached hydrogens (tertiary/aromatic N) is 1.